The fourth-order valence-electron chi connectivity index (χ4n) is 2.49. The molecule has 2 rings (SSSR count). The van der Waals surface area contributed by atoms with E-state index in [1.165, 1.54) is 24.8 Å². The van der Waals surface area contributed by atoms with Gasteiger partial charge in [-0.15, -0.1) is 0 Å². The number of benzene rings is 1. The maximum atomic E-state index is 5.92. The van der Waals surface area contributed by atoms with Crippen molar-refractivity contribution in [3.8, 4) is 0 Å². The van der Waals surface area contributed by atoms with Crippen LogP contribution >= 0.6 is 15.9 Å². The van der Waals surface area contributed by atoms with Crippen molar-refractivity contribution in [3.05, 3.63) is 34.3 Å². The summed E-state index contributed by atoms with van der Waals surface area (Å²) in [7, 11) is 0. The van der Waals surface area contributed by atoms with Gasteiger partial charge in [0.25, 0.3) is 0 Å². The molecule has 2 N–H and O–H groups in total. The van der Waals surface area contributed by atoms with E-state index >= 15 is 0 Å². The first-order chi connectivity index (χ1) is 8.29. The summed E-state index contributed by atoms with van der Waals surface area (Å²) in [6.07, 6.45) is 3.57. The van der Waals surface area contributed by atoms with Crippen molar-refractivity contribution in [1.29, 1.82) is 0 Å². The molecule has 1 aromatic carbocycles. The molecule has 0 spiro atoms. The molecular weight excluding hydrogens is 278 g/mol. The van der Waals surface area contributed by atoms with Gasteiger partial charge in [0.2, 0.25) is 0 Å². The molecule has 17 heavy (non-hydrogen) atoms. The van der Waals surface area contributed by atoms with E-state index < -0.39 is 0 Å². The maximum Gasteiger partial charge on any atom is 0.0468 e. The molecule has 2 nitrogen and oxygen atoms in total. The summed E-state index contributed by atoms with van der Waals surface area (Å²) in [6.45, 7) is 2.57. The van der Waals surface area contributed by atoms with Gasteiger partial charge in [-0.05, 0) is 55.3 Å². The first-order valence-corrected chi connectivity index (χ1v) is 7.12. The highest BCUT2D eigenvalue weighted by Gasteiger charge is 2.19. The Kier molecular flexibility index (Phi) is 5.01. The van der Waals surface area contributed by atoms with Crippen molar-refractivity contribution in [1.82, 2.24) is 0 Å². The highest BCUT2D eigenvalue weighted by Crippen LogP contribution is 2.29. The zero-order valence-electron chi connectivity index (χ0n) is 10.1. The zero-order chi connectivity index (χ0) is 12.1. The fraction of sp³-hybridized carbons (Fsp3) is 0.571. The molecule has 0 aliphatic carbocycles. The highest BCUT2D eigenvalue weighted by atomic mass is 79.9. The monoisotopic (exact) mass is 297 g/mol. The molecule has 94 valence electrons. The van der Waals surface area contributed by atoms with Crippen molar-refractivity contribution in [2.45, 2.75) is 25.2 Å². The van der Waals surface area contributed by atoms with Crippen molar-refractivity contribution >= 4 is 15.9 Å². The molecule has 1 aliphatic rings. The van der Waals surface area contributed by atoms with Crippen LogP contribution in [0, 0.1) is 5.92 Å². The van der Waals surface area contributed by atoms with E-state index in [-0.39, 0.29) is 0 Å². The largest absolute Gasteiger partial charge is 0.381 e. The van der Waals surface area contributed by atoms with Crippen LogP contribution < -0.4 is 5.73 Å². The lowest BCUT2D eigenvalue weighted by atomic mass is 9.85. The highest BCUT2D eigenvalue weighted by molar-refractivity contribution is 9.10. The van der Waals surface area contributed by atoms with E-state index in [0.29, 0.717) is 5.92 Å². The van der Waals surface area contributed by atoms with Gasteiger partial charge in [-0.2, -0.15) is 0 Å². The molecule has 0 bridgehead atoms. The second kappa shape index (κ2) is 6.53. The number of hydrogen-bond acceptors (Lipinski definition) is 2. The van der Waals surface area contributed by atoms with Gasteiger partial charge in [-0.25, -0.2) is 0 Å². The van der Waals surface area contributed by atoms with Crippen molar-refractivity contribution in [3.63, 3.8) is 0 Å². The third-order valence-corrected chi connectivity index (χ3v) is 4.11. The second-order valence-electron chi connectivity index (χ2n) is 4.78. The number of nitrogens with two attached hydrogens (primary N) is 1. The number of rotatable bonds is 4. The fourth-order valence-corrected chi connectivity index (χ4v) is 2.75. The minimum absolute atomic E-state index is 0.492. The Morgan fingerprint density at radius 2 is 1.88 bits per heavy atom. The Hall–Kier alpha value is -0.380. The van der Waals surface area contributed by atoms with E-state index in [4.69, 9.17) is 10.5 Å². The Labute approximate surface area is 112 Å². The van der Waals surface area contributed by atoms with Gasteiger partial charge in [0, 0.05) is 17.7 Å². The van der Waals surface area contributed by atoms with E-state index in [1.807, 2.05) is 0 Å². The molecular formula is C14H20BrNO. The summed E-state index contributed by atoms with van der Waals surface area (Å²) in [5, 5.41) is 0. The quantitative estimate of drug-likeness (QED) is 0.925. The Balaban J connectivity index is 1.97. The van der Waals surface area contributed by atoms with Gasteiger partial charge < -0.3 is 10.5 Å². The van der Waals surface area contributed by atoms with Crippen LogP contribution in [-0.2, 0) is 4.74 Å². The number of ether oxygens (including phenoxy) is 1. The Morgan fingerprint density at radius 3 is 2.47 bits per heavy atom. The molecule has 0 saturated carbocycles. The van der Waals surface area contributed by atoms with Crippen LogP contribution in [0.5, 0.6) is 0 Å². The molecule has 1 atom stereocenters. The second-order valence-corrected chi connectivity index (χ2v) is 5.69. The Morgan fingerprint density at radius 1 is 1.24 bits per heavy atom. The minimum Gasteiger partial charge on any atom is -0.381 e. The SMILES string of the molecule is NCC(CC1CCOCC1)c1ccc(Br)cc1. The van der Waals surface area contributed by atoms with Gasteiger partial charge in [-0.3, -0.25) is 0 Å². The molecule has 1 aliphatic heterocycles. The van der Waals surface area contributed by atoms with E-state index in [1.54, 1.807) is 0 Å². The Bertz CT molecular complexity index is 333. The zero-order valence-corrected chi connectivity index (χ0v) is 11.7. The molecule has 1 fully saturated rings. The van der Waals surface area contributed by atoms with E-state index in [2.05, 4.69) is 40.2 Å². The van der Waals surface area contributed by atoms with Crippen LogP contribution in [-0.4, -0.2) is 19.8 Å². The summed E-state index contributed by atoms with van der Waals surface area (Å²) in [4.78, 5) is 0. The third-order valence-electron chi connectivity index (χ3n) is 3.58. The molecule has 1 unspecified atom stereocenters. The van der Waals surface area contributed by atoms with Gasteiger partial charge in [0.1, 0.15) is 0 Å². The number of halogens is 1. The van der Waals surface area contributed by atoms with Crippen LogP contribution in [0.15, 0.2) is 28.7 Å². The third kappa shape index (κ3) is 3.80. The summed E-state index contributed by atoms with van der Waals surface area (Å²) in [5.74, 6) is 1.27. The molecule has 0 amide bonds. The maximum absolute atomic E-state index is 5.92. The van der Waals surface area contributed by atoms with Crippen LogP contribution in [0.4, 0.5) is 0 Å². The summed E-state index contributed by atoms with van der Waals surface area (Å²) >= 11 is 3.47. The molecule has 0 radical (unpaired) electrons. The molecule has 1 aromatic rings. The summed E-state index contributed by atoms with van der Waals surface area (Å²) in [5.41, 5.74) is 7.28. The average Bonchev–Trinajstić information content (AvgIpc) is 2.38. The van der Waals surface area contributed by atoms with Crippen LogP contribution in [0.25, 0.3) is 0 Å². The summed E-state index contributed by atoms with van der Waals surface area (Å²) in [6, 6.07) is 8.56. The molecule has 1 saturated heterocycles. The normalized spacial score (nSPS) is 19.2. The van der Waals surface area contributed by atoms with Crippen molar-refractivity contribution in [2.75, 3.05) is 19.8 Å². The van der Waals surface area contributed by atoms with Crippen LogP contribution in [0.1, 0.15) is 30.7 Å². The lowest BCUT2D eigenvalue weighted by Gasteiger charge is -2.26. The molecule has 1 heterocycles. The first kappa shape index (κ1) is 13.1. The van der Waals surface area contributed by atoms with Gasteiger partial charge in [0.15, 0.2) is 0 Å². The smallest absolute Gasteiger partial charge is 0.0468 e. The standard InChI is InChI=1S/C14H20BrNO/c15-14-3-1-12(2-4-14)13(10-16)9-11-5-7-17-8-6-11/h1-4,11,13H,5-10,16H2. The predicted octanol–water partition coefficient (Wildman–Crippen LogP) is 3.31. The van der Waals surface area contributed by atoms with Crippen molar-refractivity contribution in [2.24, 2.45) is 11.7 Å². The lowest BCUT2D eigenvalue weighted by Crippen LogP contribution is -2.21. The van der Waals surface area contributed by atoms with E-state index in [0.717, 1.165) is 30.1 Å². The van der Waals surface area contributed by atoms with Crippen LogP contribution in [0.2, 0.25) is 0 Å². The molecule has 3 heteroatoms. The topological polar surface area (TPSA) is 35.2 Å². The average molecular weight is 298 g/mol. The van der Waals surface area contributed by atoms with Crippen LogP contribution in [0.3, 0.4) is 0 Å². The minimum atomic E-state index is 0.492. The first-order valence-electron chi connectivity index (χ1n) is 6.33. The summed E-state index contributed by atoms with van der Waals surface area (Å²) < 4.78 is 6.53. The van der Waals surface area contributed by atoms with Gasteiger partial charge >= 0.3 is 0 Å². The van der Waals surface area contributed by atoms with Gasteiger partial charge in [0.05, 0.1) is 0 Å². The van der Waals surface area contributed by atoms with Gasteiger partial charge in [-0.1, -0.05) is 28.1 Å². The predicted molar refractivity (Wildman–Crippen MR) is 74.1 cm³/mol. The number of hydrogen-bond donors (Lipinski definition) is 1. The lowest BCUT2D eigenvalue weighted by molar-refractivity contribution is 0.0619. The molecule has 0 aromatic heterocycles. The van der Waals surface area contributed by atoms with Crippen molar-refractivity contribution < 1.29 is 4.74 Å². The van der Waals surface area contributed by atoms with E-state index in [9.17, 15) is 0 Å².